The Hall–Kier alpha value is -1.22. The van der Waals surface area contributed by atoms with Crippen molar-refractivity contribution in [2.75, 3.05) is 26.8 Å². The minimum Gasteiger partial charge on any atom is -0.493 e. The van der Waals surface area contributed by atoms with Gasteiger partial charge < -0.3 is 14.8 Å². The fourth-order valence-electron chi connectivity index (χ4n) is 2.03. The van der Waals surface area contributed by atoms with E-state index in [4.69, 9.17) is 9.47 Å². The molecule has 2 rings (SSSR count). The van der Waals surface area contributed by atoms with Crippen LogP contribution < -0.4 is 14.8 Å². The number of hydrogen-bond donors (Lipinski definition) is 1. The van der Waals surface area contributed by atoms with E-state index >= 15 is 0 Å². The van der Waals surface area contributed by atoms with Gasteiger partial charge in [-0.3, -0.25) is 0 Å². The third-order valence-corrected chi connectivity index (χ3v) is 2.94. The number of ether oxygens (including phenoxy) is 2. The van der Waals surface area contributed by atoms with Gasteiger partial charge in [-0.1, -0.05) is 12.1 Å². The molecule has 1 heterocycles. The smallest absolute Gasteiger partial charge is 0.163 e. The molecule has 0 unspecified atom stereocenters. The summed E-state index contributed by atoms with van der Waals surface area (Å²) < 4.78 is 11.0. The predicted molar refractivity (Wildman–Crippen MR) is 64.2 cm³/mol. The molecule has 0 saturated carbocycles. The van der Waals surface area contributed by atoms with Gasteiger partial charge in [0.05, 0.1) is 13.7 Å². The molecule has 1 aliphatic heterocycles. The Morgan fingerprint density at radius 2 is 2.19 bits per heavy atom. The maximum atomic E-state index is 5.56. The number of benzene rings is 1. The zero-order chi connectivity index (χ0) is 11.4. The molecule has 0 aliphatic carbocycles. The summed E-state index contributed by atoms with van der Waals surface area (Å²) in [5, 5.41) is 3.29. The summed E-state index contributed by atoms with van der Waals surface area (Å²) in [4.78, 5) is 0. The van der Waals surface area contributed by atoms with E-state index in [0.29, 0.717) is 6.61 Å². The Kier molecular flexibility index (Phi) is 3.67. The van der Waals surface area contributed by atoms with Crippen LogP contribution in [0.3, 0.4) is 0 Å². The second kappa shape index (κ2) is 5.21. The van der Waals surface area contributed by atoms with Crippen LogP contribution in [-0.2, 0) is 6.42 Å². The number of rotatable bonds is 5. The molecule has 88 valence electrons. The lowest BCUT2D eigenvalue weighted by molar-refractivity contribution is 0.303. The van der Waals surface area contributed by atoms with Crippen LogP contribution in [0.2, 0.25) is 0 Å². The molecule has 1 aromatic carbocycles. The molecule has 0 spiro atoms. The molecule has 0 atom stereocenters. The first kappa shape index (κ1) is 11.3. The third kappa shape index (κ3) is 2.30. The summed E-state index contributed by atoms with van der Waals surface area (Å²) >= 11 is 0. The molecule has 1 aromatic rings. The molecular weight excluding hydrogens is 202 g/mol. The molecule has 0 aromatic heterocycles. The quantitative estimate of drug-likeness (QED) is 0.823. The Balaban J connectivity index is 2.17. The number of hydrogen-bond acceptors (Lipinski definition) is 3. The van der Waals surface area contributed by atoms with E-state index in [0.717, 1.165) is 36.9 Å². The average Bonchev–Trinajstić information content (AvgIpc) is 2.24. The molecule has 3 nitrogen and oxygen atoms in total. The Bertz CT molecular complexity index is 348. The largest absolute Gasteiger partial charge is 0.493 e. The number of methoxy groups -OCH3 is 1. The maximum Gasteiger partial charge on any atom is 0.163 e. The fraction of sp³-hybridized carbons (Fsp3) is 0.538. The van der Waals surface area contributed by atoms with Crippen molar-refractivity contribution in [1.29, 1.82) is 0 Å². The van der Waals surface area contributed by atoms with E-state index in [-0.39, 0.29) is 0 Å². The van der Waals surface area contributed by atoms with Gasteiger partial charge in [-0.05, 0) is 44.0 Å². The van der Waals surface area contributed by atoms with Crippen molar-refractivity contribution >= 4 is 0 Å². The molecule has 1 saturated heterocycles. The SMILES string of the molecule is CCOc1cccc(CC2CNC2)c1OC. The highest BCUT2D eigenvalue weighted by Gasteiger charge is 2.20. The molecule has 0 bridgehead atoms. The van der Waals surface area contributed by atoms with Crippen LogP contribution in [0.25, 0.3) is 0 Å². The first-order chi connectivity index (χ1) is 7.85. The van der Waals surface area contributed by atoms with Crippen molar-refractivity contribution in [3.8, 4) is 11.5 Å². The summed E-state index contributed by atoms with van der Waals surface area (Å²) in [6.45, 7) is 4.89. The second-order valence-corrected chi connectivity index (χ2v) is 4.11. The molecular formula is C13H19NO2. The van der Waals surface area contributed by atoms with E-state index in [1.54, 1.807) is 7.11 Å². The summed E-state index contributed by atoms with van der Waals surface area (Å²) in [6.07, 6.45) is 1.07. The van der Waals surface area contributed by atoms with Crippen LogP contribution in [-0.4, -0.2) is 26.8 Å². The van der Waals surface area contributed by atoms with Gasteiger partial charge in [0.25, 0.3) is 0 Å². The zero-order valence-electron chi connectivity index (χ0n) is 9.95. The van der Waals surface area contributed by atoms with E-state index in [9.17, 15) is 0 Å². The minimum absolute atomic E-state index is 0.671. The molecule has 1 N–H and O–H groups in total. The van der Waals surface area contributed by atoms with Crippen LogP contribution in [0.5, 0.6) is 11.5 Å². The lowest BCUT2D eigenvalue weighted by Crippen LogP contribution is -2.43. The Morgan fingerprint density at radius 1 is 1.38 bits per heavy atom. The van der Waals surface area contributed by atoms with Gasteiger partial charge in [-0.15, -0.1) is 0 Å². The second-order valence-electron chi connectivity index (χ2n) is 4.11. The van der Waals surface area contributed by atoms with Crippen molar-refractivity contribution in [3.63, 3.8) is 0 Å². The minimum atomic E-state index is 0.671. The van der Waals surface area contributed by atoms with Crippen LogP contribution in [0, 0.1) is 5.92 Å². The normalized spacial score (nSPS) is 15.6. The fourth-order valence-corrected chi connectivity index (χ4v) is 2.03. The summed E-state index contributed by atoms with van der Waals surface area (Å²) in [5.74, 6) is 2.50. The first-order valence-corrected chi connectivity index (χ1v) is 5.84. The van der Waals surface area contributed by atoms with E-state index in [1.807, 2.05) is 19.1 Å². The zero-order valence-corrected chi connectivity index (χ0v) is 9.95. The monoisotopic (exact) mass is 221 g/mol. The Labute approximate surface area is 96.8 Å². The van der Waals surface area contributed by atoms with Gasteiger partial charge >= 0.3 is 0 Å². The van der Waals surface area contributed by atoms with Crippen LogP contribution in [0.4, 0.5) is 0 Å². The van der Waals surface area contributed by atoms with Crippen molar-refractivity contribution in [2.45, 2.75) is 13.3 Å². The Morgan fingerprint density at radius 3 is 2.75 bits per heavy atom. The average molecular weight is 221 g/mol. The molecule has 3 heteroatoms. The standard InChI is InChI=1S/C13H19NO2/c1-3-16-12-6-4-5-11(13(12)15-2)7-10-8-14-9-10/h4-6,10,14H,3,7-9H2,1-2H3. The lowest BCUT2D eigenvalue weighted by Gasteiger charge is -2.27. The number of nitrogens with one attached hydrogen (secondary N) is 1. The van der Waals surface area contributed by atoms with E-state index in [2.05, 4.69) is 11.4 Å². The van der Waals surface area contributed by atoms with Gasteiger partial charge in [0.1, 0.15) is 0 Å². The van der Waals surface area contributed by atoms with Crippen LogP contribution >= 0.6 is 0 Å². The molecule has 1 aliphatic rings. The van der Waals surface area contributed by atoms with E-state index < -0.39 is 0 Å². The van der Waals surface area contributed by atoms with Gasteiger partial charge in [-0.2, -0.15) is 0 Å². The highest BCUT2D eigenvalue weighted by atomic mass is 16.5. The summed E-state index contributed by atoms with van der Waals surface area (Å²) in [5.41, 5.74) is 1.25. The van der Waals surface area contributed by atoms with E-state index in [1.165, 1.54) is 5.56 Å². The van der Waals surface area contributed by atoms with Crippen LogP contribution in [0.1, 0.15) is 12.5 Å². The molecule has 16 heavy (non-hydrogen) atoms. The molecule has 0 amide bonds. The molecule has 0 radical (unpaired) electrons. The van der Waals surface area contributed by atoms with Crippen molar-refractivity contribution < 1.29 is 9.47 Å². The van der Waals surface area contributed by atoms with Crippen molar-refractivity contribution in [3.05, 3.63) is 23.8 Å². The van der Waals surface area contributed by atoms with Gasteiger partial charge in [0.15, 0.2) is 11.5 Å². The summed E-state index contributed by atoms with van der Waals surface area (Å²) in [7, 11) is 1.71. The van der Waals surface area contributed by atoms with Crippen molar-refractivity contribution in [1.82, 2.24) is 5.32 Å². The highest BCUT2D eigenvalue weighted by Crippen LogP contribution is 2.32. The topological polar surface area (TPSA) is 30.5 Å². The molecule has 1 fully saturated rings. The van der Waals surface area contributed by atoms with Crippen LogP contribution in [0.15, 0.2) is 18.2 Å². The van der Waals surface area contributed by atoms with Gasteiger partial charge in [0.2, 0.25) is 0 Å². The third-order valence-electron chi connectivity index (χ3n) is 2.94. The van der Waals surface area contributed by atoms with Crippen molar-refractivity contribution in [2.24, 2.45) is 5.92 Å². The number of para-hydroxylation sites is 1. The first-order valence-electron chi connectivity index (χ1n) is 5.84. The summed E-state index contributed by atoms with van der Waals surface area (Å²) in [6, 6.07) is 6.12. The predicted octanol–water partition coefficient (Wildman–Crippen LogP) is 1.86. The van der Waals surface area contributed by atoms with Gasteiger partial charge in [-0.25, -0.2) is 0 Å². The maximum absolute atomic E-state index is 5.56. The van der Waals surface area contributed by atoms with Gasteiger partial charge in [0, 0.05) is 0 Å². The highest BCUT2D eigenvalue weighted by molar-refractivity contribution is 5.46. The lowest BCUT2D eigenvalue weighted by atomic mass is 9.94.